The molecule has 1 aromatic carbocycles. The summed E-state index contributed by atoms with van der Waals surface area (Å²) < 4.78 is 0.965. The Hall–Kier alpha value is -2.21. The molecule has 2 heterocycles. The molecular formula is C19H20BrN3O2. The van der Waals surface area contributed by atoms with Gasteiger partial charge in [-0.1, -0.05) is 15.9 Å². The third-order valence-electron chi connectivity index (χ3n) is 4.47. The van der Waals surface area contributed by atoms with Crippen LogP contribution in [-0.2, 0) is 0 Å². The van der Waals surface area contributed by atoms with E-state index >= 15 is 0 Å². The summed E-state index contributed by atoms with van der Waals surface area (Å²) in [6, 6.07) is 10.9. The SMILES string of the molecule is O=C(NCC1CCN(C(=O)c2ccc(Br)cc2)CC1)c1cccnc1. The van der Waals surface area contributed by atoms with Gasteiger partial charge in [0.05, 0.1) is 5.56 Å². The van der Waals surface area contributed by atoms with Crippen LogP contribution in [0.25, 0.3) is 0 Å². The minimum atomic E-state index is -0.0959. The zero-order valence-electron chi connectivity index (χ0n) is 13.8. The van der Waals surface area contributed by atoms with Gasteiger partial charge >= 0.3 is 0 Å². The molecule has 6 heteroatoms. The topological polar surface area (TPSA) is 62.3 Å². The van der Waals surface area contributed by atoms with Crippen LogP contribution >= 0.6 is 15.9 Å². The van der Waals surface area contributed by atoms with E-state index in [9.17, 15) is 9.59 Å². The Bertz CT molecular complexity index is 726. The number of amides is 2. The molecule has 0 aliphatic carbocycles. The molecule has 1 aromatic heterocycles. The second-order valence-corrected chi connectivity index (χ2v) is 7.11. The Kier molecular flexibility index (Phi) is 5.81. The van der Waals surface area contributed by atoms with Gasteiger partial charge in [-0.15, -0.1) is 0 Å². The summed E-state index contributed by atoms with van der Waals surface area (Å²) in [6.45, 7) is 2.08. The molecule has 25 heavy (non-hydrogen) atoms. The van der Waals surface area contributed by atoms with Crippen molar-refractivity contribution < 1.29 is 9.59 Å². The number of piperidine rings is 1. The fourth-order valence-corrected chi connectivity index (χ4v) is 3.22. The van der Waals surface area contributed by atoms with E-state index in [1.165, 1.54) is 0 Å². The van der Waals surface area contributed by atoms with Crippen molar-refractivity contribution in [1.29, 1.82) is 0 Å². The van der Waals surface area contributed by atoms with Gasteiger partial charge in [0, 0.05) is 42.1 Å². The summed E-state index contributed by atoms with van der Waals surface area (Å²) in [4.78, 5) is 30.4. The highest BCUT2D eigenvalue weighted by molar-refractivity contribution is 9.10. The average molecular weight is 402 g/mol. The van der Waals surface area contributed by atoms with Crippen molar-refractivity contribution in [3.05, 3.63) is 64.4 Å². The highest BCUT2D eigenvalue weighted by atomic mass is 79.9. The lowest BCUT2D eigenvalue weighted by molar-refractivity contribution is 0.0684. The Labute approximate surface area is 155 Å². The van der Waals surface area contributed by atoms with Crippen molar-refractivity contribution in [2.75, 3.05) is 19.6 Å². The van der Waals surface area contributed by atoms with Crippen LogP contribution in [0, 0.1) is 5.92 Å². The number of hydrogen-bond acceptors (Lipinski definition) is 3. The van der Waals surface area contributed by atoms with Gasteiger partial charge < -0.3 is 10.2 Å². The Balaban J connectivity index is 1.46. The molecule has 2 amide bonds. The van der Waals surface area contributed by atoms with Gasteiger partial charge in [-0.05, 0) is 55.2 Å². The monoisotopic (exact) mass is 401 g/mol. The quantitative estimate of drug-likeness (QED) is 0.855. The molecule has 1 aliphatic rings. The van der Waals surface area contributed by atoms with Gasteiger partial charge in [-0.25, -0.2) is 0 Å². The summed E-state index contributed by atoms with van der Waals surface area (Å²) in [5, 5.41) is 2.96. The molecule has 1 saturated heterocycles. The van der Waals surface area contributed by atoms with Crippen LogP contribution in [0.3, 0.4) is 0 Å². The molecule has 0 radical (unpaired) electrons. The lowest BCUT2D eigenvalue weighted by Crippen LogP contribution is -2.41. The molecule has 0 spiro atoms. The minimum absolute atomic E-state index is 0.0744. The predicted octanol–water partition coefficient (Wildman–Crippen LogP) is 3.13. The summed E-state index contributed by atoms with van der Waals surface area (Å²) in [5.41, 5.74) is 1.29. The molecule has 1 aliphatic heterocycles. The van der Waals surface area contributed by atoms with Crippen molar-refractivity contribution in [3.8, 4) is 0 Å². The van der Waals surface area contributed by atoms with Gasteiger partial charge in [0.15, 0.2) is 0 Å². The largest absolute Gasteiger partial charge is 0.352 e. The number of halogens is 1. The smallest absolute Gasteiger partial charge is 0.253 e. The zero-order valence-corrected chi connectivity index (χ0v) is 15.4. The number of nitrogens with zero attached hydrogens (tertiary/aromatic N) is 2. The first-order valence-corrected chi connectivity index (χ1v) is 9.16. The maximum absolute atomic E-state index is 12.5. The molecule has 5 nitrogen and oxygen atoms in total. The van der Waals surface area contributed by atoms with E-state index in [-0.39, 0.29) is 11.8 Å². The third-order valence-corrected chi connectivity index (χ3v) is 5.00. The van der Waals surface area contributed by atoms with Crippen LogP contribution in [0.2, 0.25) is 0 Å². The minimum Gasteiger partial charge on any atom is -0.352 e. The number of nitrogens with one attached hydrogen (secondary N) is 1. The summed E-state index contributed by atoms with van der Waals surface area (Å²) in [7, 11) is 0. The van der Waals surface area contributed by atoms with Crippen LogP contribution in [-0.4, -0.2) is 41.3 Å². The molecule has 1 fully saturated rings. The number of carbonyl (C=O) groups is 2. The fraction of sp³-hybridized carbons (Fsp3) is 0.316. The van der Waals surface area contributed by atoms with Crippen molar-refractivity contribution in [2.24, 2.45) is 5.92 Å². The summed E-state index contributed by atoms with van der Waals surface area (Å²) in [6.07, 6.45) is 5.01. The van der Waals surface area contributed by atoms with E-state index in [1.54, 1.807) is 24.5 Å². The van der Waals surface area contributed by atoms with E-state index in [1.807, 2.05) is 29.2 Å². The molecule has 2 aromatic rings. The summed E-state index contributed by atoms with van der Waals surface area (Å²) in [5.74, 6) is 0.376. The molecule has 130 valence electrons. The van der Waals surface area contributed by atoms with E-state index in [4.69, 9.17) is 0 Å². The molecule has 0 saturated carbocycles. The number of pyridine rings is 1. The maximum atomic E-state index is 12.5. The molecule has 1 N–H and O–H groups in total. The number of hydrogen-bond donors (Lipinski definition) is 1. The molecule has 0 bridgehead atoms. The van der Waals surface area contributed by atoms with Gasteiger partial charge in [0.1, 0.15) is 0 Å². The van der Waals surface area contributed by atoms with Crippen molar-refractivity contribution in [3.63, 3.8) is 0 Å². The van der Waals surface area contributed by atoms with Crippen LogP contribution < -0.4 is 5.32 Å². The second-order valence-electron chi connectivity index (χ2n) is 6.19. The first-order valence-electron chi connectivity index (χ1n) is 8.36. The standard InChI is InChI=1S/C19H20BrN3O2/c20-17-5-3-15(4-6-17)19(25)23-10-7-14(8-11-23)12-22-18(24)16-2-1-9-21-13-16/h1-6,9,13-14H,7-8,10-12H2,(H,22,24). The van der Waals surface area contributed by atoms with E-state index in [0.29, 0.717) is 23.6 Å². The second kappa shape index (κ2) is 8.25. The predicted molar refractivity (Wildman–Crippen MR) is 99.3 cm³/mol. The first kappa shape index (κ1) is 17.6. The third kappa shape index (κ3) is 4.66. The maximum Gasteiger partial charge on any atom is 0.253 e. The van der Waals surface area contributed by atoms with E-state index < -0.39 is 0 Å². The van der Waals surface area contributed by atoms with Crippen molar-refractivity contribution in [1.82, 2.24) is 15.2 Å². The molecule has 0 atom stereocenters. The fourth-order valence-electron chi connectivity index (χ4n) is 2.95. The number of benzene rings is 1. The number of aromatic nitrogens is 1. The lowest BCUT2D eigenvalue weighted by Gasteiger charge is -2.32. The van der Waals surface area contributed by atoms with Gasteiger partial charge in [-0.3, -0.25) is 14.6 Å². The van der Waals surface area contributed by atoms with Gasteiger partial charge in [0.2, 0.25) is 0 Å². The van der Waals surface area contributed by atoms with Crippen molar-refractivity contribution in [2.45, 2.75) is 12.8 Å². The molecule has 3 rings (SSSR count). The van der Waals surface area contributed by atoms with Crippen LogP contribution in [0.1, 0.15) is 33.6 Å². The van der Waals surface area contributed by atoms with Crippen LogP contribution in [0.4, 0.5) is 0 Å². The van der Waals surface area contributed by atoms with Crippen LogP contribution in [0.15, 0.2) is 53.3 Å². The molecule has 0 unspecified atom stereocenters. The van der Waals surface area contributed by atoms with Gasteiger partial charge in [0.25, 0.3) is 11.8 Å². The number of carbonyl (C=O) groups excluding carboxylic acids is 2. The van der Waals surface area contributed by atoms with Gasteiger partial charge in [-0.2, -0.15) is 0 Å². The Morgan fingerprint density at radius 1 is 1.12 bits per heavy atom. The first-order chi connectivity index (χ1) is 12.1. The zero-order chi connectivity index (χ0) is 17.6. The van der Waals surface area contributed by atoms with Crippen molar-refractivity contribution >= 4 is 27.7 Å². The normalized spacial score (nSPS) is 15.0. The highest BCUT2D eigenvalue weighted by Gasteiger charge is 2.24. The van der Waals surface area contributed by atoms with E-state index in [2.05, 4.69) is 26.2 Å². The lowest BCUT2D eigenvalue weighted by atomic mass is 9.96. The number of likely N-dealkylation sites (tertiary alicyclic amines) is 1. The Morgan fingerprint density at radius 2 is 1.84 bits per heavy atom. The Morgan fingerprint density at radius 3 is 2.48 bits per heavy atom. The number of rotatable bonds is 4. The highest BCUT2D eigenvalue weighted by Crippen LogP contribution is 2.19. The van der Waals surface area contributed by atoms with Crippen LogP contribution in [0.5, 0.6) is 0 Å². The van der Waals surface area contributed by atoms with E-state index in [0.717, 1.165) is 30.4 Å². The average Bonchev–Trinajstić information content (AvgIpc) is 2.67. The molecular weight excluding hydrogens is 382 g/mol. The summed E-state index contributed by atoms with van der Waals surface area (Å²) >= 11 is 3.38.